The summed E-state index contributed by atoms with van der Waals surface area (Å²) in [4.78, 5) is 23.7. The standard InChI is InChI=1S/C16H14F2N2O4.ClH/c17-4-7-6-24-14-11(16(19)1-2-16)10(18)3-8-12(14)20(7)5-9(13(8)21)15(22)23;/h3,5,7H,1-2,4,6,19H2,(H,22,23);1H. The third kappa shape index (κ3) is 2.39. The minimum absolute atomic E-state index is 0. The molecule has 6 nitrogen and oxygen atoms in total. The van der Waals surface area contributed by atoms with Crippen molar-refractivity contribution in [1.82, 2.24) is 4.57 Å². The van der Waals surface area contributed by atoms with Crippen LogP contribution in [0, 0.1) is 5.82 Å². The average molecular weight is 373 g/mol. The molecular formula is C16H15ClF2N2O4. The summed E-state index contributed by atoms with van der Waals surface area (Å²) < 4.78 is 34.9. The summed E-state index contributed by atoms with van der Waals surface area (Å²) in [5, 5.41) is 9.06. The fourth-order valence-corrected chi connectivity index (χ4v) is 3.26. The number of carbonyl (C=O) groups is 1. The lowest BCUT2D eigenvalue weighted by Gasteiger charge is -2.30. The Kier molecular flexibility index (Phi) is 4.00. The summed E-state index contributed by atoms with van der Waals surface area (Å²) in [7, 11) is 0. The van der Waals surface area contributed by atoms with E-state index in [0.29, 0.717) is 12.8 Å². The molecule has 2 aromatic rings. The minimum atomic E-state index is -1.45. The van der Waals surface area contributed by atoms with Gasteiger partial charge in [0.2, 0.25) is 5.43 Å². The zero-order valence-electron chi connectivity index (χ0n) is 12.9. The molecule has 2 heterocycles. The van der Waals surface area contributed by atoms with Crippen LogP contribution in [0.5, 0.6) is 5.75 Å². The molecule has 1 saturated carbocycles. The molecule has 1 unspecified atom stereocenters. The van der Waals surface area contributed by atoms with Gasteiger partial charge in [-0.3, -0.25) is 4.79 Å². The van der Waals surface area contributed by atoms with E-state index in [9.17, 15) is 23.5 Å². The molecule has 1 fully saturated rings. The van der Waals surface area contributed by atoms with Gasteiger partial charge in [0.05, 0.1) is 22.5 Å². The Morgan fingerprint density at radius 3 is 2.72 bits per heavy atom. The third-order valence-corrected chi connectivity index (χ3v) is 4.73. The molecule has 1 atom stereocenters. The molecule has 2 aliphatic rings. The number of alkyl halides is 1. The van der Waals surface area contributed by atoms with Gasteiger partial charge < -0.3 is 20.1 Å². The number of carboxylic acids is 1. The lowest BCUT2D eigenvalue weighted by Crippen LogP contribution is -2.31. The second kappa shape index (κ2) is 5.67. The molecule has 0 saturated heterocycles. The zero-order valence-corrected chi connectivity index (χ0v) is 13.7. The number of nitrogens with zero attached hydrogens (tertiary/aromatic N) is 1. The van der Waals surface area contributed by atoms with Gasteiger partial charge in [-0.15, -0.1) is 12.4 Å². The van der Waals surface area contributed by atoms with Crippen LogP contribution in [0.1, 0.15) is 34.8 Å². The summed E-state index contributed by atoms with van der Waals surface area (Å²) in [6.07, 6.45) is 2.26. The number of ether oxygens (including phenoxy) is 1. The number of benzene rings is 1. The number of rotatable bonds is 3. The third-order valence-electron chi connectivity index (χ3n) is 4.73. The lowest BCUT2D eigenvalue weighted by molar-refractivity contribution is 0.0694. The smallest absolute Gasteiger partial charge is 0.341 e. The Bertz CT molecular complexity index is 956. The molecule has 1 aliphatic carbocycles. The van der Waals surface area contributed by atoms with E-state index in [4.69, 9.17) is 10.5 Å². The Hall–Kier alpha value is -2.19. The average Bonchev–Trinajstić information content (AvgIpc) is 3.27. The highest BCUT2D eigenvalue weighted by Crippen LogP contribution is 2.50. The molecule has 1 aliphatic heterocycles. The number of hydrogen-bond donors (Lipinski definition) is 2. The molecular weight excluding hydrogens is 358 g/mol. The van der Waals surface area contributed by atoms with Crippen LogP contribution in [0.2, 0.25) is 0 Å². The number of aromatic carboxylic acids is 1. The number of halogens is 3. The highest BCUT2D eigenvalue weighted by atomic mass is 35.5. The Labute approximate surface area is 146 Å². The van der Waals surface area contributed by atoms with E-state index in [1.165, 1.54) is 4.57 Å². The summed E-state index contributed by atoms with van der Waals surface area (Å²) >= 11 is 0. The Balaban J connectivity index is 0.00000182. The predicted octanol–water partition coefficient (Wildman–Crippen LogP) is 2.11. The molecule has 0 amide bonds. The number of pyridine rings is 1. The predicted molar refractivity (Wildman–Crippen MR) is 88.0 cm³/mol. The van der Waals surface area contributed by atoms with Gasteiger partial charge in [0.1, 0.15) is 24.7 Å². The van der Waals surface area contributed by atoms with E-state index in [1.807, 2.05) is 0 Å². The van der Waals surface area contributed by atoms with Gasteiger partial charge in [-0.05, 0) is 18.9 Å². The molecule has 1 aromatic heterocycles. The maximum atomic E-state index is 14.6. The van der Waals surface area contributed by atoms with Gasteiger partial charge in [0, 0.05) is 11.7 Å². The fourth-order valence-electron chi connectivity index (χ4n) is 3.26. The van der Waals surface area contributed by atoms with Crippen molar-refractivity contribution in [3.63, 3.8) is 0 Å². The van der Waals surface area contributed by atoms with Gasteiger partial charge in [-0.1, -0.05) is 0 Å². The second-order valence-electron chi connectivity index (χ2n) is 6.32. The molecule has 0 radical (unpaired) electrons. The quantitative estimate of drug-likeness (QED) is 0.860. The first-order valence-electron chi connectivity index (χ1n) is 7.50. The molecule has 9 heteroatoms. The molecule has 0 spiro atoms. The lowest BCUT2D eigenvalue weighted by atomic mass is 9.98. The van der Waals surface area contributed by atoms with Crippen molar-refractivity contribution in [3.8, 4) is 5.75 Å². The van der Waals surface area contributed by atoms with Crippen LogP contribution in [0.4, 0.5) is 8.78 Å². The number of nitrogens with two attached hydrogens (primary N) is 1. The normalized spacial score (nSPS) is 19.9. The highest BCUT2D eigenvalue weighted by Gasteiger charge is 2.46. The van der Waals surface area contributed by atoms with E-state index in [0.717, 1.165) is 12.3 Å². The van der Waals surface area contributed by atoms with Crippen molar-refractivity contribution in [3.05, 3.63) is 39.4 Å². The first kappa shape index (κ1) is 17.6. The van der Waals surface area contributed by atoms with Gasteiger partial charge in [0.15, 0.2) is 5.75 Å². The van der Waals surface area contributed by atoms with E-state index in [2.05, 4.69) is 0 Å². The van der Waals surface area contributed by atoms with Crippen molar-refractivity contribution in [2.75, 3.05) is 13.3 Å². The van der Waals surface area contributed by atoms with Crippen molar-refractivity contribution >= 4 is 29.3 Å². The van der Waals surface area contributed by atoms with Crippen molar-refractivity contribution < 1.29 is 23.4 Å². The van der Waals surface area contributed by atoms with Crippen LogP contribution in [0.15, 0.2) is 17.1 Å². The Morgan fingerprint density at radius 1 is 1.48 bits per heavy atom. The van der Waals surface area contributed by atoms with Gasteiger partial charge in [-0.25, -0.2) is 13.6 Å². The molecule has 134 valence electrons. The molecule has 1 aromatic carbocycles. The highest BCUT2D eigenvalue weighted by molar-refractivity contribution is 5.95. The first-order valence-corrected chi connectivity index (χ1v) is 7.50. The molecule has 3 N–H and O–H groups in total. The van der Waals surface area contributed by atoms with Gasteiger partial charge in [-0.2, -0.15) is 0 Å². The molecule has 0 bridgehead atoms. The summed E-state index contributed by atoms with van der Waals surface area (Å²) in [5.41, 5.74) is 4.27. The maximum Gasteiger partial charge on any atom is 0.341 e. The van der Waals surface area contributed by atoms with Crippen molar-refractivity contribution in [2.45, 2.75) is 24.4 Å². The van der Waals surface area contributed by atoms with E-state index >= 15 is 0 Å². The van der Waals surface area contributed by atoms with Gasteiger partial charge in [0.25, 0.3) is 0 Å². The summed E-state index contributed by atoms with van der Waals surface area (Å²) in [6.45, 7) is -0.899. The van der Waals surface area contributed by atoms with Crippen LogP contribution < -0.4 is 15.9 Å². The molecule has 4 rings (SSSR count). The monoisotopic (exact) mass is 372 g/mol. The van der Waals surface area contributed by atoms with Crippen molar-refractivity contribution in [2.24, 2.45) is 5.73 Å². The zero-order chi connectivity index (χ0) is 17.2. The topological polar surface area (TPSA) is 94.5 Å². The SMILES string of the molecule is Cl.NC1(c2c(F)cc3c(=O)c(C(=O)O)cn4c3c2OCC4CF)CC1. The number of hydrogen-bond acceptors (Lipinski definition) is 4. The molecule has 25 heavy (non-hydrogen) atoms. The van der Waals surface area contributed by atoms with Crippen LogP contribution >= 0.6 is 12.4 Å². The number of carboxylic acid groups (broad SMARTS) is 1. The van der Waals surface area contributed by atoms with Gasteiger partial charge >= 0.3 is 5.97 Å². The second-order valence-corrected chi connectivity index (χ2v) is 6.32. The van der Waals surface area contributed by atoms with E-state index < -0.39 is 41.0 Å². The van der Waals surface area contributed by atoms with E-state index in [1.54, 1.807) is 0 Å². The van der Waals surface area contributed by atoms with Crippen LogP contribution in [-0.2, 0) is 5.54 Å². The fraction of sp³-hybridized carbons (Fsp3) is 0.375. The largest absolute Gasteiger partial charge is 0.489 e. The van der Waals surface area contributed by atoms with E-state index in [-0.39, 0.29) is 41.2 Å². The minimum Gasteiger partial charge on any atom is -0.489 e. The number of aromatic nitrogens is 1. The summed E-state index contributed by atoms with van der Waals surface area (Å²) in [5.74, 6) is -2.04. The van der Waals surface area contributed by atoms with Crippen molar-refractivity contribution in [1.29, 1.82) is 0 Å². The Morgan fingerprint density at radius 2 is 2.16 bits per heavy atom. The van der Waals surface area contributed by atoms with Crippen LogP contribution in [0.3, 0.4) is 0 Å². The van der Waals surface area contributed by atoms with Crippen LogP contribution in [0.25, 0.3) is 10.9 Å². The van der Waals surface area contributed by atoms with Crippen LogP contribution in [-0.4, -0.2) is 28.9 Å². The maximum absolute atomic E-state index is 14.6. The first-order chi connectivity index (χ1) is 11.4. The summed E-state index contributed by atoms with van der Waals surface area (Å²) in [6, 6.07) is 0.195.